The monoisotopic (exact) mass is 439 g/mol. The van der Waals surface area contributed by atoms with E-state index in [0.29, 0.717) is 22.4 Å². The number of aromatic nitrogens is 1. The van der Waals surface area contributed by atoms with Crippen LogP contribution >= 0.6 is 0 Å². The van der Waals surface area contributed by atoms with E-state index in [1.54, 1.807) is 45.0 Å². The first-order valence-corrected chi connectivity index (χ1v) is 10.1. The highest BCUT2D eigenvalue weighted by molar-refractivity contribution is 6.01. The molecule has 32 heavy (non-hydrogen) atoms. The second kappa shape index (κ2) is 9.51. The minimum atomic E-state index is -0.767. The average molecular weight is 439 g/mol. The number of hydrogen-bond donors (Lipinski definition) is 3. The summed E-state index contributed by atoms with van der Waals surface area (Å²) in [6.07, 6.45) is 0. The van der Waals surface area contributed by atoms with E-state index in [4.69, 9.17) is 9.47 Å². The topological polar surface area (TPSA) is 127 Å². The minimum Gasteiger partial charge on any atom is -0.463 e. The van der Waals surface area contributed by atoms with Crippen molar-refractivity contribution in [3.63, 3.8) is 0 Å². The summed E-state index contributed by atoms with van der Waals surface area (Å²) in [5, 5.41) is 5.26. The molecule has 0 spiro atoms. The molecule has 0 radical (unpaired) electrons. The van der Waals surface area contributed by atoms with E-state index in [1.807, 2.05) is 6.07 Å². The Morgan fingerprint density at radius 3 is 2.31 bits per heavy atom. The number of urea groups is 1. The fourth-order valence-electron chi connectivity index (χ4n) is 3.77. The number of Topliss-reactive ketones (excluding diaryl/α,β-unsaturated/α-hetero) is 1. The van der Waals surface area contributed by atoms with E-state index in [0.717, 1.165) is 0 Å². The van der Waals surface area contributed by atoms with Gasteiger partial charge in [-0.15, -0.1) is 0 Å². The lowest BCUT2D eigenvalue weighted by Gasteiger charge is -2.29. The van der Waals surface area contributed by atoms with Crippen LogP contribution in [-0.2, 0) is 14.3 Å². The van der Waals surface area contributed by atoms with Gasteiger partial charge < -0.3 is 25.1 Å². The molecule has 2 heterocycles. The van der Waals surface area contributed by atoms with Crippen molar-refractivity contribution in [2.75, 3.05) is 13.2 Å². The third-order valence-corrected chi connectivity index (χ3v) is 5.12. The van der Waals surface area contributed by atoms with Gasteiger partial charge in [-0.05, 0) is 38.8 Å². The van der Waals surface area contributed by atoms with Crippen molar-refractivity contribution in [3.05, 3.63) is 69.7 Å². The number of amides is 2. The number of H-pyrrole nitrogens is 1. The Kier molecular flexibility index (Phi) is 6.77. The second-order valence-corrected chi connectivity index (χ2v) is 7.31. The average Bonchev–Trinajstić information content (AvgIpc) is 3.06. The molecule has 0 aliphatic carbocycles. The Hall–Kier alpha value is -3.88. The molecule has 1 atom stereocenters. The smallest absolute Gasteiger partial charge is 0.355 e. The highest BCUT2D eigenvalue weighted by Crippen LogP contribution is 2.28. The van der Waals surface area contributed by atoms with Gasteiger partial charge in [0.2, 0.25) is 0 Å². The van der Waals surface area contributed by atoms with Crippen LogP contribution < -0.4 is 10.6 Å². The lowest BCUT2D eigenvalue weighted by Crippen LogP contribution is -2.47. The standard InChI is InChI=1S/C23H25N3O6/c1-5-31-21(28)18-16(25-23(30)26-20(18)15-9-7-6-8-10-15)11-32-22(29)19-12(2)17(14(4)27)13(3)24-19/h6-10,20,24H,5,11H2,1-4H3,(H2,25,26,30). The number of ether oxygens (including phenoxy) is 2. The molecule has 0 fully saturated rings. The van der Waals surface area contributed by atoms with E-state index in [2.05, 4.69) is 15.6 Å². The normalized spacial score (nSPS) is 15.6. The first-order chi connectivity index (χ1) is 15.2. The second-order valence-electron chi connectivity index (χ2n) is 7.31. The van der Waals surface area contributed by atoms with Gasteiger partial charge >= 0.3 is 18.0 Å². The van der Waals surface area contributed by atoms with Crippen LogP contribution in [0.25, 0.3) is 0 Å². The zero-order chi connectivity index (χ0) is 23.4. The van der Waals surface area contributed by atoms with Crippen molar-refractivity contribution >= 4 is 23.8 Å². The summed E-state index contributed by atoms with van der Waals surface area (Å²) in [5.74, 6) is -1.51. The number of ketones is 1. The third kappa shape index (κ3) is 4.56. The van der Waals surface area contributed by atoms with Gasteiger partial charge in [-0.1, -0.05) is 30.3 Å². The van der Waals surface area contributed by atoms with Crippen molar-refractivity contribution < 1.29 is 28.7 Å². The van der Waals surface area contributed by atoms with Gasteiger partial charge in [-0.2, -0.15) is 0 Å². The quantitative estimate of drug-likeness (QED) is 0.450. The maximum atomic E-state index is 12.7. The molecule has 1 unspecified atom stereocenters. The van der Waals surface area contributed by atoms with E-state index >= 15 is 0 Å². The lowest BCUT2D eigenvalue weighted by molar-refractivity contribution is -0.139. The highest BCUT2D eigenvalue weighted by Gasteiger charge is 2.34. The van der Waals surface area contributed by atoms with Crippen LogP contribution in [0, 0.1) is 13.8 Å². The molecule has 1 aliphatic heterocycles. The molecule has 2 amide bonds. The number of carbonyl (C=O) groups is 4. The van der Waals surface area contributed by atoms with Gasteiger partial charge in [0.25, 0.3) is 0 Å². The molecular weight excluding hydrogens is 414 g/mol. The molecule has 3 rings (SSSR count). The zero-order valence-corrected chi connectivity index (χ0v) is 18.3. The van der Waals surface area contributed by atoms with Gasteiger partial charge in [-0.3, -0.25) is 4.79 Å². The van der Waals surface area contributed by atoms with Gasteiger partial charge in [0, 0.05) is 11.3 Å². The first-order valence-electron chi connectivity index (χ1n) is 10.1. The maximum absolute atomic E-state index is 12.7. The number of nitrogens with one attached hydrogen (secondary N) is 3. The first kappa shape index (κ1) is 22.8. The number of esters is 2. The van der Waals surface area contributed by atoms with Gasteiger partial charge in [0.05, 0.1) is 23.9 Å². The van der Waals surface area contributed by atoms with Crippen LogP contribution in [0.2, 0.25) is 0 Å². The summed E-state index contributed by atoms with van der Waals surface area (Å²) in [5.41, 5.74) is 2.57. The Labute approximate surface area is 185 Å². The van der Waals surface area contributed by atoms with Crippen LogP contribution in [0.15, 0.2) is 41.6 Å². The summed E-state index contributed by atoms with van der Waals surface area (Å²) in [6.45, 7) is 6.21. The SMILES string of the molecule is CCOC(=O)C1=C(COC(=O)c2[nH]c(C)c(C(C)=O)c2C)NC(=O)NC1c1ccccc1. The van der Waals surface area contributed by atoms with Gasteiger partial charge in [0.1, 0.15) is 12.3 Å². The van der Waals surface area contributed by atoms with Crippen LogP contribution in [-0.4, -0.2) is 42.0 Å². The van der Waals surface area contributed by atoms with Gasteiger partial charge in [-0.25, -0.2) is 14.4 Å². The summed E-state index contributed by atoms with van der Waals surface area (Å²) < 4.78 is 10.6. The highest BCUT2D eigenvalue weighted by atomic mass is 16.5. The minimum absolute atomic E-state index is 0.127. The summed E-state index contributed by atoms with van der Waals surface area (Å²) in [4.78, 5) is 52.4. The molecule has 1 aromatic heterocycles. The van der Waals surface area contributed by atoms with E-state index < -0.39 is 24.0 Å². The van der Waals surface area contributed by atoms with E-state index in [1.165, 1.54) is 6.92 Å². The third-order valence-electron chi connectivity index (χ3n) is 5.12. The van der Waals surface area contributed by atoms with Crippen LogP contribution in [0.4, 0.5) is 4.79 Å². The van der Waals surface area contributed by atoms with Crippen LogP contribution in [0.1, 0.15) is 57.6 Å². The maximum Gasteiger partial charge on any atom is 0.355 e. The molecule has 9 heteroatoms. The predicted molar refractivity (Wildman–Crippen MR) is 115 cm³/mol. The molecule has 9 nitrogen and oxygen atoms in total. The van der Waals surface area contributed by atoms with Crippen molar-refractivity contribution in [2.45, 2.75) is 33.7 Å². The molecule has 168 valence electrons. The Bertz CT molecular complexity index is 1100. The Morgan fingerprint density at radius 2 is 1.72 bits per heavy atom. The molecule has 2 aromatic rings. The van der Waals surface area contributed by atoms with E-state index in [-0.39, 0.29) is 36.0 Å². The van der Waals surface area contributed by atoms with Crippen molar-refractivity contribution in [1.29, 1.82) is 0 Å². The fourth-order valence-corrected chi connectivity index (χ4v) is 3.77. The fraction of sp³-hybridized carbons (Fsp3) is 0.304. The summed E-state index contributed by atoms with van der Waals surface area (Å²) in [6, 6.07) is 7.63. The molecule has 0 saturated carbocycles. The van der Waals surface area contributed by atoms with Crippen molar-refractivity contribution in [2.24, 2.45) is 0 Å². The number of benzene rings is 1. The molecular formula is C23H25N3O6. The molecule has 0 saturated heterocycles. The largest absolute Gasteiger partial charge is 0.463 e. The number of carbonyl (C=O) groups excluding carboxylic acids is 4. The van der Waals surface area contributed by atoms with E-state index in [9.17, 15) is 19.2 Å². The number of aromatic amines is 1. The molecule has 0 bridgehead atoms. The molecule has 1 aromatic carbocycles. The Balaban J connectivity index is 1.93. The Morgan fingerprint density at radius 1 is 1.03 bits per heavy atom. The number of rotatable bonds is 7. The number of aryl methyl sites for hydroxylation is 1. The number of hydrogen-bond acceptors (Lipinski definition) is 6. The molecule has 3 N–H and O–H groups in total. The lowest BCUT2D eigenvalue weighted by atomic mass is 9.95. The van der Waals surface area contributed by atoms with Crippen molar-refractivity contribution in [1.82, 2.24) is 15.6 Å². The summed E-state index contributed by atoms with van der Waals surface area (Å²) in [7, 11) is 0. The van der Waals surface area contributed by atoms with Crippen LogP contribution in [0.5, 0.6) is 0 Å². The van der Waals surface area contributed by atoms with Crippen LogP contribution in [0.3, 0.4) is 0 Å². The predicted octanol–water partition coefficient (Wildman–Crippen LogP) is 2.86. The summed E-state index contributed by atoms with van der Waals surface area (Å²) >= 11 is 0. The zero-order valence-electron chi connectivity index (χ0n) is 18.3. The van der Waals surface area contributed by atoms with Crippen molar-refractivity contribution in [3.8, 4) is 0 Å². The molecule has 1 aliphatic rings. The van der Waals surface area contributed by atoms with Gasteiger partial charge in [0.15, 0.2) is 5.78 Å².